The molecule has 0 aromatic heterocycles. The highest BCUT2D eigenvalue weighted by atomic mass is 16.6. The summed E-state index contributed by atoms with van der Waals surface area (Å²) in [7, 11) is 0. The summed E-state index contributed by atoms with van der Waals surface area (Å²) in [5, 5.41) is 0. The summed E-state index contributed by atoms with van der Waals surface area (Å²) in [6.45, 7) is 6.53. The molecule has 0 aromatic rings. The minimum Gasteiger partial charge on any atom is -0.462 e. The van der Waals surface area contributed by atoms with E-state index >= 15 is 0 Å². The molecule has 0 saturated heterocycles. The number of hydrogen-bond donors (Lipinski definition) is 0. The molecule has 62 heavy (non-hydrogen) atoms. The Morgan fingerprint density at radius 1 is 0.323 bits per heavy atom. The molecular formula is C56H98O6. The molecule has 0 saturated carbocycles. The highest BCUT2D eigenvalue weighted by Crippen LogP contribution is 2.16. The SMILES string of the molecule is CCC\C=C/C=C\C=C/C=C\C=C/CCCCCCCC(=O)OCC(COC(=O)CCCCCCCCCCCC)OC(=O)CCCCCCCCCCCCCCCCCC. The summed E-state index contributed by atoms with van der Waals surface area (Å²) in [6, 6.07) is 0. The lowest BCUT2D eigenvalue weighted by Crippen LogP contribution is -2.30. The van der Waals surface area contributed by atoms with Gasteiger partial charge in [-0.15, -0.1) is 0 Å². The van der Waals surface area contributed by atoms with Gasteiger partial charge in [-0.1, -0.05) is 261 Å². The molecule has 1 unspecified atom stereocenters. The summed E-state index contributed by atoms with van der Waals surface area (Å²) in [6.07, 6.45) is 62.0. The lowest BCUT2D eigenvalue weighted by atomic mass is 10.0. The van der Waals surface area contributed by atoms with Gasteiger partial charge in [0.15, 0.2) is 6.10 Å². The van der Waals surface area contributed by atoms with E-state index in [-0.39, 0.29) is 31.1 Å². The van der Waals surface area contributed by atoms with E-state index in [1.165, 1.54) is 135 Å². The van der Waals surface area contributed by atoms with Crippen LogP contribution in [0.1, 0.15) is 258 Å². The molecule has 6 nitrogen and oxygen atoms in total. The Balaban J connectivity index is 4.38. The first-order valence-electron chi connectivity index (χ1n) is 26.4. The average Bonchev–Trinajstić information content (AvgIpc) is 3.27. The molecule has 0 aliphatic rings. The predicted octanol–water partition coefficient (Wildman–Crippen LogP) is 17.3. The van der Waals surface area contributed by atoms with Crippen LogP contribution in [0.5, 0.6) is 0 Å². The first-order chi connectivity index (χ1) is 30.5. The Morgan fingerprint density at radius 3 is 0.968 bits per heavy atom. The van der Waals surface area contributed by atoms with Gasteiger partial charge in [-0.05, 0) is 38.5 Å². The fourth-order valence-electron chi connectivity index (χ4n) is 7.41. The van der Waals surface area contributed by atoms with Crippen molar-refractivity contribution in [3.63, 3.8) is 0 Å². The third-order valence-electron chi connectivity index (χ3n) is 11.4. The Bertz CT molecular complexity index is 1130. The Hall–Kier alpha value is -2.89. The molecule has 358 valence electrons. The molecule has 1 atom stereocenters. The first kappa shape index (κ1) is 59.1. The van der Waals surface area contributed by atoms with Crippen molar-refractivity contribution in [1.82, 2.24) is 0 Å². The van der Waals surface area contributed by atoms with Crippen LogP contribution in [0.25, 0.3) is 0 Å². The van der Waals surface area contributed by atoms with Crippen molar-refractivity contribution in [1.29, 1.82) is 0 Å². The molecular weight excluding hydrogens is 769 g/mol. The minimum atomic E-state index is -0.780. The number of allylic oxidation sites excluding steroid dienone is 10. The highest BCUT2D eigenvalue weighted by molar-refractivity contribution is 5.71. The van der Waals surface area contributed by atoms with E-state index in [4.69, 9.17) is 14.2 Å². The molecule has 0 radical (unpaired) electrons. The quantitative estimate of drug-likeness (QED) is 0.0262. The zero-order valence-corrected chi connectivity index (χ0v) is 40.9. The number of rotatable bonds is 47. The number of carbonyl (C=O) groups is 3. The molecule has 0 aliphatic heterocycles. The summed E-state index contributed by atoms with van der Waals surface area (Å²) in [4.78, 5) is 37.9. The maximum absolute atomic E-state index is 12.8. The van der Waals surface area contributed by atoms with Crippen LogP contribution in [0.15, 0.2) is 60.8 Å². The van der Waals surface area contributed by atoms with E-state index in [1.54, 1.807) is 0 Å². The van der Waals surface area contributed by atoms with E-state index in [2.05, 4.69) is 57.2 Å². The normalized spacial score (nSPS) is 12.5. The fourth-order valence-corrected chi connectivity index (χ4v) is 7.41. The van der Waals surface area contributed by atoms with E-state index in [0.29, 0.717) is 19.3 Å². The molecule has 0 rings (SSSR count). The molecule has 0 aromatic carbocycles. The lowest BCUT2D eigenvalue weighted by Gasteiger charge is -2.18. The van der Waals surface area contributed by atoms with Gasteiger partial charge in [0, 0.05) is 19.3 Å². The van der Waals surface area contributed by atoms with Crippen LogP contribution >= 0.6 is 0 Å². The van der Waals surface area contributed by atoms with Gasteiger partial charge in [0.2, 0.25) is 0 Å². The van der Waals surface area contributed by atoms with Crippen LogP contribution in [0.2, 0.25) is 0 Å². The number of carbonyl (C=O) groups excluding carboxylic acids is 3. The third-order valence-corrected chi connectivity index (χ3v) is 11.4. The number of unbranched alkanes of at least 4 members (excludes halogenated alkanes) is 30. The van der Waals surface area contributed by atoms with Crippen molar-refractivity contribution in [2.24, 2.45) is 0 Å². The fraction of sp³-hybridized carbons (Fsp3) is 0.768. The van der Waals surface area contributed by atoms with Gasteiger partial charge in [-0.25, -0.2) is 0 Å². The molecule has 0 amide bonds. The van der Waals surface area contributed by atoms with E-state index in [1.807, 2.05) is 24.3 Å². The van der Waals surface area contributed by atoms with Crippen molar-refractivity contribution in [3.8, 4) is 0 Å². The van der Waals surface area contributed by atoms with Crippen molar-refractivity contribution in [3.05, 3.63) is 60.8 Å². The summed E-state index contributed by atoms with van der Waals surface area (Å²) >= 11 is 0. The van der Waals surface area contributed by atoms with Gasteiger partial charge in [0.25, 0.3) is 0 Å². The molecule has 6 heteroatoms. The van der Waals surface area contributed by atoms with Crippen molar-refractivity contribution >= 4 is 17.9 Å². The Kier molecular flexibility index (Phi) is 48.4. The van der Waals surface area contributed by atoms with Crippen LogP contribution in [0.4, 0.5) is 0 Å². The third kappa shape index (κ3) is 48.1. The summed E-state index contributed by atoms with van der Waals surface area (Å²) in [5.74, 6) is -0.898. The Labute approximate surface area is 383 Å². The van der Waals surface area contributed by atoms with E-state index in [9.17, 15) is 14.4 Å². The molecule has 0 N–H and O–H groups in total. The standard InChI is InChI=1S/C56H98O6/c1-4-7-10-13-16-19-22-24-26-28-29-31-32-34-37-40-43-46-49-55(58)61-52-53(51-60-54(57)48-45-42-39-36-21-18-15-12-9-6-3)62-56(59)50-47-44-41-38-35-33-30-27-25-23-20-17-14-11-8-5-2/h10,13,16,19,22,24,26,28-29,31,53H,4-9,11-12,14-15,17-18,20-21,23,25,27,30,32-52H2,1-3H3/b13-10-,19-16-,24-22-,28-26-,31-29-. The van der Waals surface area contributed by atoms with Crippen LogP contribution < -0.4 is 0 Å². The monoisotopic (exact) mass is 867 g/mol. The number of esters is 3. The highest BCUT2D eigenvalue weighted by Gasteiger charge is 2.19. The zero-order chi connectivity index (χ0) is 45.1. The van der Waals surface area contributed by atoms with Gasteiger partial charge < -0.3 is 14.2 Å². The van der Waals surface area contributed by atoms with E-state index in [0.717, 1.165) is 83.5 Å². The van der Waals surface area contributed by atoms with Gasteiger partial charge >= 0.3 is 17.9 Å². The van der Waals surface area contributed by atoms with Crippen molar-refractivity contribution in [2.45, 2.75) is 264 Å². The van der Waals surface area contributed by atoms with Gasteiger partial charge in [0.1, 0.15) is 13.2 Å². The summed E-state index contributed by atoms with van der Waals surface area (Å²) < 4.78 is 16.8. The minimum absolute atomic E-state index is 0.0795. The predicted molar refractivity (Wildman–Crippen MR) is 265 cm³/mol. The smallest absolute Gasteiger partial charge is 0.306 e. The number of ether oxygens (including phenoxy) is 3. The van der Waals surface area contributed by atoms with Crippen molar-refractivity contribution < 1.29 is 28.6 Å². The van der Waals surface area contributed by atoms with Gasteiger partial charge in [-0.2, -0.15) is 0 Å². The summed E-state index contributed by atoms with van der Waals surface area (Å²) in [5.41, 5.74) is 0. The van der Waals surface area contributed by atoms with Gasteiger partial charge in [0.05, 0.1) is 0 Å². The second-order valence-corrected chi connectivity index (χ2v) is 17.6. The van der Waals surface area contributed by atoms with Gasteiger partial charge in [-0.3, -0.25) is 14.4 Å². The van der Waals surface area contributed by atoms with Crippen LogP contribution in [-0.2, 0) is 28.6 Å². The molecule has 0 spiro atoms. The lowest BCUT2D eigenvalue weighted by molar-refractivity contribution is -0.167. The Morgan fingerprint density at radius 2 is 0.613 bits per heavy atom. The maximum atomic E-state index is 12.8. The molecule has 0 aliphatic carbocycles. The molecule has 0 bridgehead atoms. The molecule has 0 fully saturated rings. The van der Waals surface area contributed by atoms with Crippen molar-refractivity contribution in [2.75, 3.05) is 13.2 Å². The second kappa shape index (κ2) is 50.8. The van der Waals surface area contributed by atoms with Crippen LogP contribution in [-0.4, -0.2) is 37.2 Å². The molecule has 0 heterocycles. The number of hydrogen-bond acceptors (Lipinski definition) is 6. The first-order valence-corrected chi connectivity index (χ1v) is 26.4. The van der Waals surface area contributed by atoms with E-state index < -0.39 is 6.10 Å². The largest absolute Gasteiger partial charge is 0.462 e. The topological polar surface area (TPSA) is 78.9 Å². The van der Waals surface area contributed by atoms with Crippen LogP contribution in [0.3, 0.4) is 0 Å². The second-order valence-electron chi connectivity index (χ2n) is 17.6. The maximum Gasteiger partial charge on any atom is 0.306 e. The van der Waals surface area contributed by atoms with Crippen LogP contribution in [0, 0.1) is 0 Å². The zero-order valence-electron chi connectivity index (χ0n) is 40.9. The average molecular weight is 867 g/mol.